The van der Waals surface area contributed by atoms with Crippen LogP contribution < -0.4 is 11.1 Å². The number of rotatable bonds is 8. The van der Waals surface area contributed by atoms with Gasteiger partial charge in [0.2, 0.25) is 5.91 Å². The van der Waals surface area contributed by atoms with E-state index in [0.717, 1.165) is 29.4 Å². The fraction of sp³-hybridized carbons (Fsp3) is 0.562. The van der Waals surface area contributed by atoms with Gasteiger partial charge in [0, 0.05) is 17.6 Å². The number of hydrogen-bond donors (Lipinski definition) is 2. The van der Waals surface area contributed by atoms with Crippen molar-refractivity contribution in [3.05, 3.63) is 34.3 Å². The maximum atomic E-state index is 11.8. The predicted molar refractivity (Wildman–Crippen MR) is 91.1 cm³/mol. The summed E-state index contributed by atoms with van der Waals surface area (Å²) < 4.78 is 1.04. The molecule has 5 heteroatoms. The summed E-state index contributed by atoms with van der Waals surface area (Å²) >= 11 is 3.61. The molecule has 0 aliphatic carbocycles. The highest BCUT2D eigenvalue weighted by Gasteiger charge is 2.28. The van der Waals surface area contributed by atoms with Gasteiger partial charge in [-0.05, 0) is 31.0 Å². The zero-order chi connectivity index (χ0) is 15.8. The second-order valence-corrected chi connectivity index (χ2v) is 6.04. The minimum atomic E-state index is -0.0140. The van der Waals surface area contributed by atoms with Crippen molar-refractivity contribution in [2.75, 3.05) is 20.1 Å². The molecule has 1 aromatic carbocycles. The monoisotopic (exact) mass is 355 g/mol. The maximum Gasteiger partial charge on any atom is 0.233 e. The lowest BCUT2D eigenvalue weighted by Crippen LogP contribution is -2.45. The number of nitrogens with zero attached hydrogens (tertiary/aromatic N) is 1. The Morgan fingerprint density at radius 3 is 2.57 bits per heavy atom. The zero-order valence-electron chi connectivity index (χ0n) is 13.1. The lowest BCUT2D eigenvalue weighted by Gasteiger charge is -2.35. The molecule has 1 amide bonds. The zero-order valence-corrected chi connectivity index (χ0v) is 14.7. The van der Waals surface area contributed by atoms with E-state index in [-0.39, 0.29) is 18.0 Å². The summed E-state index contributed by atoms with van der Waals surface area (Å²) in [6, 6.07) is 8.12. The van der Waals surface area contributed by atoms with Gasteiger partial charge in [-0.15, -0.1) is 0 Å². The number of carbonyl (C=O) groups is 1. The number of benzene rings is 1. The molecule has 0 radical (unpaired) electrons. The number of carbonyl (C=O) groups excluding carboxylic acids is 1. The molecule has 0 aromatic heterocycles. The minimum Gasteiger partial charge on any atom is -0.358 e. The topological polar surface area (TPSA) is 58.4 Å². The van der Waals surface area contributed by atoms with Crippen LogP contribution in [0.25, 0.3) is 0 Å². The smallest absolute Gasteiger partial charge is 0.233 e. The molecule has 0 heterocycles. The number of nitrogens with one attached hydrogen (secondary N) is 1. The van der Waals surface area contributed by atoms with E-state index in [0.29, 0.717) is 6.54 Å². The Balaban J connectivity index is 3.14. The van der Waals surface area contributed by atoms with E-state index in [4.69, 9.17) is 5.73 Å². The highest BCUT2D eigenvalue weighted by Crippen LogP contribution is 2.31. The van der Waals surface area contributed by atoms with E-state index in [1.54, 1.807) is 7.05 Å². The molecule has 1 aromatic rings. The van der Waals surface area contributed by atoms with Crippen molar-refractivity contribution in [3.8, 4) is 0 Å². The number of amides is 1. The highest BCUT2D eigenvalue weighted by molar-refractivity contribution is 9.10. The normalized spacial score (nSPS) is 14.0. The Hall–Kier alpha value is -0.910. The Morgan fingerprint density at radius 2 is 2.05 bits per heavy atom. The van der Waals surface area contributed by atoms with Gasteiger partial charge in [0.25, 0.3) is 0 Å². The predicted octanol–water partition coefficient (Wildman–Crippen LogP) is 2.69. The summed E-state index contributed by atoms with van der Waals surface area (Å²) in [6.07, 6.45) is 1.84. The minimum absolute atomic E-state index is 0.0140. The molecule has 118 valence electrons. The standard InChI is InChI=1S/C16H26BrN3O/c1-4-10-20(11-15(21)19-3)16(14(18)5-2)12-8-6-7-9-13(12)17/h6-9,14,16H,4-5,10-11,18H2,1-3H3,(H,19,21). The van der Waals surface area contributed by atoms with Gasteiger partial charge in [0.15, 0.2) is 0 Å². The molecule has 4 nitrogen and oxygen atoms in total. The van der Waals surface area contributed by atoms with Crippen molar-refractivity contribution in [3.63, 3.8) is 0 Å². The van der Waals surface area contributed by atoms with Gasteiger partial charge < -0.3 is 11.1 Å². The summed E-state index contributed by atoms with van der Waals surface area (Å²) in [4.78, 5) is 14.0. The maximum absolute atomic E-state index is 11.8. The van der Waals surface area contributed by atoms with Gasteiger partial charge in [-0.25, -0.2) is 0 Å². The van der Waals surface area contributed by atoms with Crippen LogP contribution in [0, 0.1) is 0 Å². The third kappa shape index (κ3) is 5.09. The quantitative estimate of drug-likeness (QED) is 0.753. The molecule has 0 bridgehead atoms. The lowest BCUT2D eigenvalue weighted by atomic mass is 9.96. The first-order chi connectivity index (χ1) is 10.0. The van der Waals surface area contributed by atoms with Crippen LogP contribution in [0.15, 0.2) is 28.7 Å². The Morgan fingerprint density at radius 1 is 1.38 bits per heavy atom. The first-order valence-corrected chi connectivity index (χ1v) is 8.29. The first-order valence-electron chi connectivity index (χ1n) is 7.49. The van der Waals surface area contributed by atoms with Crippen molar-refractivity contribution in [2.45, 2.75) is 38.8 Å². The van der Waals surface area contributed by atoms with Crippen LogP contribution in [0.1, 0.15) is 38.3 Å². The molecule has 1 rings (SSSR count). The van der Waals surface area contributed by atoms with E-state index >= 15 is 0 Å². The lowest BCUT2D eigenvalue weighted by molar-refractivity contribution is -0.122. The number of likely N-dealkylation sites (N-methyl/N-ethyl adjacent to an activating group) is 1. The summed E-state index contributed by atoms with van der Waals surface area (Å²) in [5, 5.41) is 2.70. The van der Waals surface area contributed by atoms with E-state index in [1.807, 2.05) is 18.2 Å². The van der Waals surface area contributed by atoms with Crippen molar-refractivity contribution in [1.29, 1.82) is 0 Å². The van der Waals surface area contributed by atoms with Crippen molar-refractivity contribution in [2.24, 2.45) is 5.73 Å². The second-order valence-electron chi connectivity index (χ2n) is 5.18. The van der Waals surface area contributed by atoms with Crippen LogP contribution in [0.4, 0.5) is 0 Å². The average Bonchev–Trinajstić information content (AvgIpc) is 2.49. The van der Waals surface area contributed by atoms with Crippen LogP contribution in [0.2, 0.25) is 0 Å². The molecular weight excluding hydrogens is 330 g/mol. The summed E-state index contributed by atoms with van der Waals surface area (Å²) in [5.41, 5.74) is 7.52. The van der Waals surface area contributed by atoms with Gasteiger partial charge in [-0.3, -0.25) is 9.69 Å². The molecule has 0 fully saturated rings. The summed E-state index contributed by atoms with van der Waals surface area (Å²) in [6.45, 7) is 5.40. The van der Waals surface area contributed by atoms with Gasteiger partial charge in [-0.1, -0.05) is 48.0 Å². The fourth-order valence-electron chi connectivity index (χ4n) is 2.50. The molecule has 0 aliphatic heterocycles. The third-order valence-corrected chi connectivity index (χ3v) is 4.35. The van der Waals surface area contributed by atoms with E-state index in [2.05, 4.69) is 46.1 Å². The third-order valence-electron chi connectivity index (χ3n) is 3.63. The van der Waals surface area contributed by atoms with Gasteiger partial charge in [-0.2, -0.15) is 0 Å². The van der Waals surface area contributed by atoms with Crippen LogP contribution in [-0.2, 0) is 4.79 Å². The van der Waals surface area contributed by atoms with Gasteiger partial charge in [0.05, 0.1) is 12.6 Å². The van der Waals surface area contributed by atoms with Crippen LogP contribution in [0.3, 0.4) is 0 Å². The van der Waals surface area contributed by atoms with Crippen molar-refractivity contribution in [1.82, 2.24) is 10.2 Å². The van der Waals surface area contributed by atoms with E-state index in [9.17, 15) is 4.79 Å². The van der Waals surface area contributed by atoms with E-state index < -0.39 is 0 Å². The van der Waals surface area contributed by atoms with Crippen molar-refractivity contribution < 1.29 is 4.79 Å². The summed E-state index contributed by atoms with van der Waals surface area (Å²) in [5.74, 6) is 0.0174. The SMILES string of the molecule is CCCN(CC(=O)NC)C(c1ccccc1Br)C(N)CC. The second kappa shape index (κ2) is 9.18. The van der Waals surface area contributed by atoms with Gasteiger partial charge in [0.1, 0.15) is 0 Å². The molecule has 0 saturated carbocycles. The molecule has 2 atom stereocenters. The number of halogens is 1. The first kappa shape index (κ1) is 18.1. The fourth-order valence-corrected chi connectivity index (χ4v) is 3.02. The van der Waals surface area contributed by atoms with Crippen LogP contribution in [0.5, 0.6) is 0 Å². The van der Waals surface area contributed by atoms with Crippen LogP contribution in [-0.4, -0.2) is 37.0 Å². The number of hydrogen-bond acceptors (Lipinski definition) is 3. The Kier molecular flexibility index (Phi) is 7.93. The number of nitrogens with two attached hydrogens (primary N) is 1. The average molecular weight is 356 g/mol. The molecule has 3 N–H and O–H groups in total. The Bertz CT molecular complexity index is 453. The largest absolute Gasteiger partial charge is 0.358 e. The van der Waals surface area contributed by atoms with Crippen LogP contribution >= 0.6 is 15.9 Å². The molecule has 0 saturated heterocycles. The molecule has 2 unspecified atom stereocenters. The molecule has 21 heavy (non-hydrogen) atoms. The Labute approximate surface area is 136 Å². The molecule has 0 aliphatic rings. The van der Waals surface area contributed by atoms with Gasteiger partial charge >= 0.3 is 0 Å². The molecular formula is C16H26BrN3O. The molecule has 0 spiro atoms. The highest BCUT2D eigenvalue weighted by atomic mass is 79.9. The van der Waals surface area contributed by atoms with E-state index in [1.165, 1.54) is 0 Å². The van der Waals surface area contributed by atoms with Crippen molar-refractivity contribution >= 4 is 21.8 Å². The summed E-state index contributed by atoms with van der Waals surface area (Å²) in [7, 11) is 1.67.